The summed E-state index contributed by atoms with van der Waals surface area (Å²) in [6.45, 7) is 0.789. The maximum atomic E-state index is 11.6. The van der Waals surface area contributed by atoms with Crippen LogP contribution in [0.2, 0.25) is 0 Å². The van der Waals surface area contributed by atoms with Gasteiger partial charge in [0.25, 0.3) is 0 Å². The van der Waals surface area contributed by atoms with Gasteiger partial charge >= 0.3 is 5.97 Å². The predicted octanol–water partition coefficient (Wildman–Crippen LogP) is 3.08. The van der Waals surface area contributed by atoms with Gasteiger partial charge < -0.3 is 10.1 Å². The summed E-state index contributed by atoms with van der Waals surface area (Å²) in [7, 11) is 1.47. The van der Waals surface area contributed by atoms with Crippen LogP contribution < -0.4 is 5.32 Å². The topological polar surface area (TPSA) is 56.1 Å². The van der Waals surface area contributed by atoms with Crippen molar-refractivity contribution in [2.75, 3.05) is 12.4 Å². The van der Waals surface area contributed by atoms with Gasteiger partial charge in [0.15, 0.2) is 0 Å². The molecule has 1 saturated carbocycles. The average Bonchev–Trinajstić information content (AvgIpc) is 3.10. The molecule has 1 aromatic carbocycles. The predicted molar refractivity (Wildman–Crippen MR) is 89.2 cm³/mol. The van der Waals surface area contributed by atoms with Gasteiger partial charge in [-0.05, 0) is 49.4 Å². The third-order valence-electron chi connectivity index (χ3n) is 4.49. The zero-order valence-electron chi connectivity index (χ0n) is 13.4. The monoisotopic (exact) mass is 313 g/mol. The third kappa shape index (κ3) is 4.12. The lowest BCUT2D eigenvalue weighted by Crippen LogP contribution is -2.29. The summed E-state index contributed by atoms with van der Waals surface area (Å²) >= 11 is 0. The number of hydrogen-bond acceptors (Lipinski definition) is 4. The number of benzene rings is 1. The van der Waals surface area contributed by atoms with Gasteiger partial charge in [0.1, 0.15) is 0 Å². The molecule has 122 valence electrons. The summed E-state index contributed by atoms with van der Waals surface area (Å²) in [5, 5.41) is 7.79. The maximum absolute atomic E-state index is 11.6. The van der Waals surface area contributed by atoms with Gasteiger partial charge in [-0.2, -0.15) is 5.10 Å². The van der Waals surface area contributed by atoms with E-state index in [4.69, 9.17) is 4.74 Å². The zero-order chi connectivity index (χ0) is 16.1. The van der Waals surface area contributed by atoms with Crippen LogP contribution in [-0.4, -0.2) is 28.9 Å². The lowest BCUT2D eigenvalue weighted by Gasteiger charge is -2.28. The Labute approximate surface area is 136 Å². The Balaban J connectivity index is 1.50. The summed E-state index contributed by atoms with van der Waals surface area (Å²) in [6.07, 6.45) is 7.58. The minimum Gasteiger partial charge on any atom is -0.469 e. The van der Waals surface area contributed by atoms with Crippen LogP contribution in [-0.2, 0) is 16.1 Å². The van der Waals surface area contributed by atoms with E-state index in [0.717, 1.165) is 37.9 Å². The first kappa shape index (κ1) is 15.6. The van der Waals surface area contributed by atoms with Crippen LogP contribution in [0, 0.1) is 5.92 Å². The summed E-state index contributed by atoms with van der Waals surface area (Å²) in [5.41, 5.74) is 2.37. The van der Waals surface area contributed by atoms with E-state index in [9.17, 15) is 4.79 Å². The van der Waals surface area contributed by atoms with Crippen molar-refractivity contribution in [3.63, 3.8) is 0 Å². The van der Waals surface area contributed by atoms with Gasteiger partial charge in [-0.1, -0.05) is 12.1 Å². The second-order valence-corrected chi connectivity index (χ2v) is 6.12. The number of aromatic nitrogens is 2. The molecule has 0 atom stereocenters. The van der Waals surface area contributed by atoms with Crippen molar-refractivity contribution in [1.82, 2.24) is 9.78 Å². The fraction of sp³-hybridized carbons (Fsp3) is 0.444. The molecule has 0 unspecified atom stereocenters. The Kier molecular flexibility index (Phi) is 4.95. The minimum absolute atomic E-state index is 0.0635. The van der Waals surface area contributed by atoms with Crippen LogP contribution in [0.15, 0.2) is 42.7 Å². The van der Waals surface area contributed by atoms with Crippen molar-refractivity contribution in [2.24, 2.45) is 5.92 Å². The molecule has 1 aliphatic carbocycles. The molecule has 0 amide bonds. The SMILES string of the molecule is COC(=O)C1CCC(Nc2ccc(Cn3cccn3)cc2)CC1. The van der Waals surface area contributed by atoms with Gasteiger partial charge in [0.2, 0.25) is 0 Å². The third-order valence-corrected chi connectivity index (χ3v) is 4.49. The lowest BCUT2D eigenvalue weighted by molar-refractivity contribution is -0.146. The van der Waals surface area contributed by atoms with Gasteiger partial charge in [-0.25, -0.2) is 0 Å². The Morgan fingerprint density at radius 1 is 1.26 bits per heavy atom. The van der Waals surface area contributed by atoms with E-state index in [1.807, 2.05) is 16.9 Å². The molecule has 1 N–H and O–H groups in total. The highest BCUT2D eigenvalue weighted by Crippen LogP contribution is 2.27. The number of methoxy groups -OCH3 is 1. The molecule has 23 heavy (non-hydrogen) atoms. The molecule has 3 rings (SSSR count). The Hall–Kier alpha value is -2.30. The smallest absolute Gasteiger partial charge is 0.308 e. The van der Waals surface area contributed by atoms with E-state index in [1.54, 1.807) is 6.20 Å². The number of anilines is 1. The summed E-state index contributed by atoms with van der Waals surface area (Å²) in [4.78, 5) is 11.6. The molecular formula is C18H23N3O2. The van der Waals surface area contributed by atoms with Crippen LogP contribution in [0.25, 0.3) is 0 Å². The molecule has 5 nitrogen and oxygen atoms in total. The second-order valence-electron chi connectivity index (χ2n) is 6.12. The number of esters is 1. The van der Waals surface area contributed by atoms with E-state index < -0.39 is 0 Å². The van der Waals surface area contributed by atoms with Gasteiger partial charge in [0.05, 0.1) is 19.6 Å². The Morgan fingerprint density at radius 2 is 2.00 bits per heavy atom. The molecule has 0 bridgehead atoms. The number of nitrogens with one attached hydrogen (secondary N) is 1. The van der Waals surface area contributed by atoms with Gasteiger partial charge in [0, 0.05) is 24.1 Å². The summed E-state index contributed by atoms with van der Waals surface area (Å²) in [6, 6.07) is 10.9. The molecular weight excluding hydrogens is 290 g/mol. The molecule has 1 heterocycles. The van der Waals surface area contributed by atoms with Gasteiger partial charge in [-0.3, -0.25) is 9.48 Å². The number of rotatable bonds is 5. The molecule has 0 radical (unpaired) electrons. The summed E-state index contributed by atoms with van der Waals surface area (Å²) in [5.74, 6) is 0.0147. The first-order valence-electron chi connectivity index (χ1n) is 8.15. The Morgan fingerprint density at radius 3 is 2.61 bits per heavy atom. The van der Waals surface area contributed by atoms with Crippen molar-refractivity contribution >= 4 is 11.7 Å². The second kappa shape index (κ2) is 7.31. The highest BCUT2D eigenvalue weighted by Gasteiger charge is 2.26. The largest absolute Gasteiger partial charge is 0.469 e. The van der Waals surface area contributed by atoms with Crippen molar-refractivity contribution in [1.29, 1.82) is 0 Å². The first-order valence-corrected chi connectivity index (χ1v) is 8.15. The van der Waals surface area contributed by atoms with Crippen LogP contribution in [0.1, 0.15) is 31.2 Å². The van der Waals surface area contributed by atoms with Crippen molar-refractivity contribution in [3.05, 3.63) is 48.3 Å². The van der Waals surface area contributed by atoms with E-state index in [1.165, 1.54) is 12.7 Å². The number of ether oxygens (including phenoxy) is 1. The first-order chi connectivity index (χ1) is 11.2. The zero-order valence-corrected chi connectivity index (χ0v) is 13.4. The quantitative estimate of drug-likeness (QED) is 0.862. The highest BCUT2D eigenvalue weighted by atomic mass is 16.5. The molecule has 0 spiro atoms. The normalized spacial score (nSPS) is 20.9. The van der Waals surface area contributed by atoms with Crippen molar-refractivity contribution in [3.8, 4) is 0 Å². The van der Waals surface area contributed by atoms with Crippen LogP contribution in [0.3, 0.4) is 0 Å². The molecule has 1 aromatic heterocycles. The lowest BCUT2D eigenvalue weighted by atomic mass is 9.86. The van der Waals surface area contributed by atoms with Gasteiger partial charge in [-0.15, -0.1) is 0 Å². The van der Waals surface area contributed by atoms with E-state index in [2.05, 4.69) is 34.7 Å². The van der Waals surface area contributed by atoms with E-state index >= 15 is 0 Å². The minimum atomic E-state index is -0.0635. The Bertz CT molecular complexity index is 614. The summed E-state index contributed by atoms with van der Waals surface area (Å²) < 4.78 is 6.75. The molecule has 0 aliphatic heterocycles. The fourth-order valence-electron chi connectivity index (χ4n) is 3.16. The maximum Gasteiger partial charge on any atom is 0.308 e. The highest BCUT2D eigenvalue weighted by molar-refractivity contribution is 5.72. The van der Waals surface area contributed by atoms with E-state index in [0.29, 0.717) is 6.04 Å². The standard InChI is InChI=1S/C18H23N3O2/c1-23-18(22)15-5-9-17(10-6-15)20-16-7-3-14(4-8-16)13-21-12-2-11-19-21/h2-4,7-8,11-12,15,17,20H,5-6,9-10,13H2,1H3. The molecule has 2 aromatic rings. The van der Waals surface area contributed by atoms with Crippen LogP contribution >= 0.6 is 0 Å². The number of nitrogens with zero attached hydrogens (tertiary/aromatic N) is 2. The molecule has 0 saturated heterocycles. The molecule has 1 aliphatic rings. The van der Waals surface area contributed by atoms with Crippen molar-refractivity contribution < 1.29 is 9.53 Å². The molecule has 1 fully saturated rings. The molecule has 5 heteroatoms. The van der Waals surface area contributed by atoms with Crippen LogP contribution in [0.5, 0.6) is 0 Å². The fourth-order valence-corrected chi connectivity index (χ4v) is 3.16. The van der Waals surface area contributed by atoms with Crippen molar-refractivity contribution in [2.45, 2.75) is 38.3 Å². The average molecular weight is 313 g/mol. The number of carbonyl (C=O) groups is 1. The van der Waals surface area contributed by atoms with E-state index in [-0.39, 0.29) is 11.9 Å². The number of carbonyl (C=O) groups excluding carboxylic acids is 1. The number of hydrogen-bond donors (Lipinski definition) is 1. The van der Waals surface area contributed by atoms with Crippen LogP contribution in [0.4, 0.5) is 5.69 Å².